The summed E-state index contributed by atoms with van der Waals surface area (Å²) < 4.78 is 15.3. The Morgan fingerprint density at radius 1 is 1.09 bits per heavy atom. The van der Waals surface area contributed by atoms with E-state index in [1.54, 1.807) is 17.0 Å². The fourth-order valence-corrected chi connectivity index (χ4v) is 4.91. The molecule has 1 amide bonds. The molecule has 0 spiro atoms. The summed E-state index contributed by atoms with van der Waals surface area (Å²) in [6.07, 6.45) is 5.11. The third-order valence-electron chi connectivity index (χ3n) is 6.98. The van der Waals surface area contributed by atoms with E-state index in [0.717, 1.165) is 48.6 Å². The second-order valence-corrected chi connectivity index (χ2v) is 9.08. The molecule has 3 aromatic rings. The summed E-state index contributed by atoms with van der Waals surface area (Å²) >= 11 is 0. The van der Waals surface area contributed by atoms with Gasteiger partial charge in [0.15, 0.2) is 0 Å². The maximum absolute atomic E-state index is 13.4. The van der Waals surface area contributed by atoms with Crippen LogP contribution in [0.3, 0.4) is 0 Å². The third-order valence-corrected chi connectivity index (χ3v) is 6.98. The van der Waals surface area contributed by atoms with E-state index in [4.69, 9.17) is 9.97 Å². The van der Waals surface area contributed by atoms with Gasteiger partial charge in [-0.05, 0) is 57.4 Å². The predicted octanol–water partition coefficient (Wildman–Crippen LogP) is 3.78. The van der Waals surface area contributed by atoms with Gasteiger partial charge in [-0.3, -0.25) is 19.3 Å². The summed E-state index contributed by atoms with van der Waals surface area (Å²) in [5, 5.41) is 4.38. The van der Waals surface area contributed by atoms with E-state index in [1.807, 2.05) is 24.9 Å². The van der Waals surface area contributed by atoms with Gasteiger partial charge in [-0.2, -0.15) is 5.10 Å². The average molecular weight is 449 g/mol. The zero-order valence-corrected chi connectivity index (χ0v) is 19.4. The lowest BCUT2D eigenvalue weighted by Crippen LogP contribution is -2.37. The zero-order chi connectivity index (χ0) is 23.1. The summed E-state index contributed by atoms with van der Waals surface area (Å²) in [6.45, 7) is 6.27. The molecule has 0 aliphatic carbocycles. The van der Waals surface area contributed by atoms with Crippen LogP contribution in [0.2, 0.25) is 0 Å². The topological polar surface area (TPSA) is 67.2 Å². The molecule has 0 unspecified atom stereocenters. The molecule has 1 fully saturated rings. The van der Waals surface area contributed by atoms with Crippen LogP contribution in [0.1, 0.15) is 59.2 Å². The summed E-state index contributed by atoms with van der Waals surface area (Å²) in [7, 11) is 1.96. The molecular weight excluding hydrogens is 419 g/mol. The Kier molecular flexibility index (Phi) is 5.70. The minimum Gasteiger partial charge on any atom is -0.292 e. The zero-order valence-electron chi connectivity index (χ0n) is 19.4. The molecule has 5 rings (SSSR count). The van der Waals surface area contributed by atoms with Crippen LogP contribution in [0.15, 0.2) is 30.5 Å². The number of fused-ring (bicyclic) bond motifs is 1. The maximum Gasteiger partial charge on any atom is 0.228 e. The number of hydrogen-bond acceptors (Lipinski definition) is 5. The number of aryl methyl sites for hydroxylation is 2. The van der Waals surface area contributed by atoms with E-state index in [9.17, 15) is 9.18 Å². The highest BCUT2D eigenvalue weighted by molar-refractivity contribution is 5.95. The number of carbonyl (C=O) groups is 1. The lowest BCUT2D eigenvalue weighted by molar-refractivity contribution is -0.119. The molecule has 2 aliphatic rings. The molecule has 2 aliphatic heterocycles. The van der Waals surface area contributed by atoms with Crippen molar-refractivity contribution >= 4 is 11.7 Å². The smallest absolute Gasteiger partial charge is 0.228 e. The number of halogens is 1. The highest BCUT2D eigenvalue weighted by Gasteiger charge is 2.33. The second-order valence-electron chi connectivity index (χ2n) is 9.08. The Morgan fingerprint density at radius 2 is 1.88 bits per heavy atom. The number of hydrogen-bond donors (Lipinski definition) is 0. The molecule has 8 heteroatoms. The van der Waals surface area contributed by atoms with E-state index >= 15 is 0 Å². The van der Waals surface area contributed by atoms with Crippen LogP contribution in [-0.2, 0) is 31.4 Å². The molecule has 33 heavy (non-hydrogen) atoms. The van der Waals surface area contributed by atoms with Crippen molar-refractivity contribution < 1.29 is 9.18 Å². The van der Waals surface area contributed by atoms with Gasteiger partial charge in [0.25, 0.3) is 0 Å². The highest BCUT2D eigenvalue weighted by Crippen LogP contribution is 2.36. The normalized spacial score (nSPS) is 18.7. The van der Waals surface area contributed by atoms with E-state index in [0.29, 0.717) is 25.2 Å². The van der Waals surface area contributed by atoms with Crippen molar-refractivity contribution in [2.45, 2.75) is 58.7 Å². The van der Waals surface area contributed by atoms with E-state index < -0.39 is 0 Å². The number of rotatable bonds is 5. The van der Waals surface area contributed by atoms with E-state index in [2.05, 4.69) is 16.9 Å². The molecule has 0 N–H and O–H groups in total. The second kappa shape index (κ2) is 8.67. The van der Waals surface area contributed by atoms with Crippen molar-refractivity contribution in [1.82, 2.24) is 24.6 Å². The van der Waals surface area contributed by atoms with Crippen molar-refractivity contribution in [3.8, 4) is 0 Å². The molecule has 0 saturated carbocycles. The van der Waals surface area contributed by atoms with Gasteiger partial charge in [0.2, 0.25) is 5.91 Å². The summed E-state index contributed by atoms with van der Waals surface area (Å²) in [5.41, 5.74) is 5.24. The van der Waals surface area contributed by atoms with Crippen LogP contribution < -0.4 is 4.90 Å². The molecular formula is C25H29FN6O. The number of benzene rings is 1. The summed E-state index contributed by atoms with van der Waals surface area (Å²) in [5.74, 6) is 1.26. The standard InChI is InChI=1S/C25H29FN6O/c1-16-21-10-11-23(33)32(14-18-6-8-20(26)9-7-18)25(21)29-24(28-16)22-5-4-12-31(22)15-19-13-27-30(3)17(19)2/h6-9,13,22H,4-5,10-12,14-15H2,1-3H3/t22-/m0/s1. The Morgan fingerprint density at radius 3 is 2.61 bits per heavy atom. The number of amides is 1. The van der Waals surface area contributed by atoms with Crippen molar-refractivity contribution in [2.75, 3.05) is 11.4 Å². The molecule has 1 saturated heterocycles. The fraction of sp³-hybridized carbons (Fsp3) is 0.440. The number of nitrogens with zero attached hydrogens (tertiary/aromatic N) is 6. The molecule has 172 valence electrons. The highest BCUT2D eigenvalue weighted by atomic mass is 19.1. The number of carbonyl (C=O) groups excluding carboxylic acids is 1. The lowest BCUT2D eigenvalue weighted by Gasteiger charge is -2.31. The first-order valence-corrected chi connectivity index (χ1v) is 11.5. The van der Waals surface area contributed by atoms with Crippen LogP contribution in [0.5, 0.6) is 0 Å². The minimum atomic E-state index is -0.283. The van der Waals surface area contributed by atoms with Crippen molar-refractivity contribution in [1.29, 1.82) is 0 Å². The van der Waals surface area contributed by atoms with Gasteiger partial charge in [-0.15, -0.1) is 0 Å². The van der Waals surface area contributed by atoms with Gasteiger partial charge in [-0.25, -0.2) is 14.4 Å². The molecule has 0 bridgehead atoms. The van der Waals surface area contributed by atoms with Gasteiger partial charge < -0.3 is 0 Å². The molecule has 1 aromatic carbocycles. The van der Waals surface area contributed by atoms with Crippen LogP contribution in [0.4, 0.5) is 10.2 Å². The first-order valence-electron chi connectivity index (χ1n) is 11.5. The van der Waals surface area contributed by atoms with Gasteiger partial charge in [0.1, 0.15) is 17.5 Å². The summed E-state index contributed by atoms with van der Waals surface area (Å²) in [6, 6.07) is 6.41. The van der Waals surface area contributed by atoms with E-state index in [1.165, 1.54) is 23.4 Å². The predicted molar refractivity (Wildman–Crippen MR) is 123 cm³/mol. The quantitative estimate of drug-likeness (QED) is 0.594. The summed E-state index contributed by atoms with van der Waals surface area (Å²) in [4.78, 5) is 26.9. The molecule has 1 atom stereocenters. The Labute approximate surface area is 193 Å². The van der Waals surface area contributed by atoms with Crippen molar-refractivity contribution in [3.05, 3.63) is 70.2 Å². The van der Waals surface area contributed by atoms with Gasteiger partial charge in [-0.1, -0.05) is 12.1 Å². The Balaban J connectivity index is 1.46. The minimum absolute atomic E-state index is 0.0464. The number of anilines is 1. The molecule has 2 aromatic heterocycles. The number of aromatic nitrogens is 4. The monoisotopic (exact) mass is 448 g/mol. The van der Waals surface area contributed by atoms with Crippen LogP contribution >= 0.6 is 0 Å². The van der Waals surface area contributed by atoms with Crippen LogP contribution in [-0.4, -0.2) is 37.1 Å². The maximum atomic E-state index is 13.4. The molecule has 4 heterocycles. The van der Waals surface area contributed by atoms with Crippen LogP contribution in [0, 0.1) is 19.7 Å². The number of likely N-dealkylation sites (tertiary alicyclic amines) is 1. The fourth-order valence-electron chi connectivity index (χ4n) is 4.91. The van der Waals surface area contributed by atoms with Gasteiger partial charge in [0, 0.05) is 42.5 Å². The van der Waals surface area contributed by atoms with Gasteiger partial charge >= 0.3 is 0 Å². The van der Waals surface area contributed by atoms with Crippen molar-refractivity contribution in [2.24, 2.45) is 7.05 Å². The Bertz CT molecular complexity index is 1190. The SMILES string of the molecule is Cc1nc([C@@H]2CCCN2Cc2cnn(C)c2C)nc2c1CCC(=O)N2Cc1ccc(F)cc1. The first-order chi connectivity index (χ1) is 15.9. The van der Waals surface area contributed by atoms with Crippen molar-refractivity contribution in [3.63, 3.8) is 0 Å². The Hall–Kier alpha value is -3.13. The van der Waals surface area contributed by atoms with E-state index in [-0.39, 0.29) is 17.8 Å². The molecule has 0 radical (unpaired) electrons. The third kappa shape index (κ3) is 4.15. The lowest BCUT2D eigenvalue weighted by atomic mass is 10.0. The first kappa shape index (κ1) is 21.7. The van der Waals surface area contributed by atoms with Crippen LogP contribution in [0.25, 0.3) is 0 Å². The van der Waals surface area contributed by atoms with Gasteiger partial charge in [0.05, 0.1) is 18.8 Å². The molecule has 7 nitrogen and oxygen atoms in total. The largest absolute Gasteiger partial charge is 0.292 e. The average Bonchev–Trinajstić information content (AvgIpc) is 3.39.